The normalized spacial score (nSPS) is 19.8. The van der Waals surface area contributed by atoms with Gasteiger partial charge in [0.25, 0.3) is 0 Å². The fourth-order valence-corrected chi connectivity index (χ4v) is 2.04. The van der Waals surface area contributed by atoms with E-state index >= 15 is 0 Å². The van der Waals surface area contributed by atoms with Gasteiger partial charge in [-0.3, -0.25) is 0 Å². The summed E-state index contributed by atoms with van der Waals surface area (Å²) in [5.41, 5.74) is 0. The molecule has 70 valence electrons. The Morgan fingerprint density at radius 1 is 1.42 bits per heavy atom. The van der Waals surface area contributed by atoms with E-state index < -0.39 is 0 Å². The summed E-state index contributed by atoms with van der Waals surface area (Å²) in [6, 6.07) is 1.17. The van der Waals surface area contributed by atoms with Crippen LogP contribution in [-0.2, 0) is 4.43 Å². The van der Waals surface area contributed by atoms with Gasteiger partial charge in [0.1, 0.15) is 0 Å². The van der Waals surface area contributed by atoms with Crippen molar-refractivity contribution in [2.45, 2.75) is 32.2 Å². The molecule has 2 nitrogen and oxygen atoms in total. The molecule has 0 aliphatic carbocycles. The maximum Gasteiger partial charge on any atom is 0.229 e. The number of hydrogen-bond acceptors (Lipinski definition) is 2. The first kappa shape index (κ1) is 10.2. The fourth-order valence-electron chi connectivity index (χ4n) is 1.57. The van der Waals surface area contributed by atoms with E-state index in [9.17, 15) is 0 Å². The maximum absolute atomic E-state index is 5.49. The molecule has 2 radical (unpaired) electrons. The Labute approximate surface area is 78.0 Å². The van der Waals surface area contributed by atoms with Crippen LogP contribution in [0, 0.1) is 5.92 Å². The average molecular weight is 185 g/mol. The van der Waals surface area contributed by atoms with Crippen LogP contribution in [0.4, 0.5) is 0 Å². The van der Waals surface area contributed by atoms with Gasteiger partial charge in [-0.1, -0.05) is 6.92 Å². The molecular weight excluding hydrogens is 166 g/mol. The standard InChI is InChI=1S/C9H19NOSi/c1-2-12-11-8-5-9-3-6-10-7-4-9/h9-10H,2-8H2,1H3. The summed E-state index contributed by atoms with van der Waals surface area (Å²) < 4.78 is 5.49. The predicted octanol–water partition coefficient (Wildman–Crippen LogP) is 1.45. The Kier molecular flexibility index (Phi) is 5.65. The third-order valence-electron chi connectivity index (χ3n) is 2.33. The zero-order valence-electron chi connectivity index (χ0n) is 7.94. The van der Waals surface area contributed by atoms with Crippen molar-refractivity contribution in [1.82, 2.24) is 5.32 Å². The molecule has 0 amide bonds. The van der Waals surface area contributed by atoms with Crippen LogP contribution in [-0.4, -0.2) is 29.5 Å². The zero-order valence-corrected chi connectivity index (χ0v) is 8.94. The first-order valence-electron chi connectivity index (χ1n) is 4.99. The van der Waals surface area contributed by atoms with Crippen molar-refractivity contribution in [2.75, 3.05) is 19.7 Å². The molecule has 0 aromatic carbocycles. The molecule has 0 bridgehead atoms. The molecule has 0 aromatic rings. The summed E-state index contributed by atoms with van der Waals surface area (Å²) in [6.07, 6.45) is 3.96. The Bertz CT molecular complexity index is 105. The first-order chi connectivity index (χ1) is 5.93. The lowest BCUT2D eigenvalue weighted by molar-refractivity contribution is 0.260. The van der Waals surface area contributed by atoms with Crippen LogP contribution in [0.15, 0.2) is 0 Å². The van der Waals surface area contributed by atoms with Gasteiger partial charge in [0.05, 0.1) is 0 Å². The molecular formula is C9H19NOSi. The molecule has 1 fully saturated rings. The summed E-state index contributed by atoms with van der Waals surface area (Å²) in [5.74, 6) is 0.924. The van der Waals surface area contributed by atoms with Crippen molar-refractivity contribution in [3.8, 4) is 0 Å². The lowest BCUT2D eigenvalue weighted by Crippen LogP contribution is -2.28. The van der Waals surface area contributed by atoms with E-state index in [-0.39, 0.29) is 0 Å². The number of hydrogen-bond donors (Lipinski definition) is 1. The molecule has 0 unspecified atom stereocenters. The van der Waals surface area contributed by atoms with E-state index in [2.05, 4.69) is 12.2 Å². The van der Waals surface area contributed by atoms with Gasteiger partial charge in [-0.05, 0) is 44.3 Å². The number of piperidine rings is 1. The van der Waals surface area contributed by atoms with Crippen molar-refractivity contribution in [3.05, 3.63) is 0 Å². The van der Waals surface area contributed by atoms with Gasteiger partial charge in [0.2, 0.25) is 9.76 Å². The van der Waals surface area contributed by atoms with E-state index in [0.29, 0.717) is 0 Å². The van der Waals surface area contributed by atoms with Gasteiger partial charge in [-0.15, -0.1) is 0 Å². The van der Waals surface area contributed by atoms with Crippen molar-refractivity contribution < 1.29 is 4.43 Å². The van der Waals surface area contributed by atoms with Gasteiger partial charge in [-0.25, -0.2) is 0 Å². The predicted molar refractivity (Wildman–Crippen MR) is 52.4 cm³/mol. The van der Waals surface area contributed by atoms with Crippen LogP contribution >= 0.6 is 0 Å². The smallest absolute Gasteiger partial charge is 0.229 e. The Hall–Kier alpha value is 0.137. The molecule has 0 aromatic heterocycles. The van der Waals surface area contributed by atoms with E-state index in [1.165, 1.54) is 38.4 Å². The summed E-state index contributed by atoms with van der Waals surface area (Å²) in [7, 11) is 0.720. The molecule has 1 aliphatic heterocycles. The lowest BCUT2D eigenvalue weighted by Gasteiger charge is -2.22. The molecule has 0 atom stereocenters. The molecule has 3 heteroatoms. The Morgan fingerprint density at radius 3 is 2.83 bits per heavy atom. The Morgan fingerprint density at radius 2 is 2.17 bits per heavy atom. The minimum Gasteiger partial charge on any atom is -0.417 e. The van der Waals surface area contributed by atoms with Crippen molar-refractivity contribution >= 4 is 9.76 Å². The molecule has 1 N–H and O–H groups in total. The molecule has 0 spiro atoms. The monoisotopic (exact) mass is 185 g/mol. The van der Waals surface area contributed by atoms with Gasteiger partial charge in [0, 0.05) is 6.61 Å². The van der Waals surface area contributed by atoms with Gasteiger partial charge in [0.15, 0.2) is 0 Å². The lowest BCUT2D eigenvalue weighted by atomic mass is 9.95. The van der Waals surface area contributed by atoms with Gasteiger partial charge in [-0.2, -0.15) is 0 Å². The minimum atomic E-state index is 0.720. The van der Waals surface area contributed by atoms with E-state index in [0.717, 1.165) is 22.3 Å². The second-order valence-electron chi connectivity index (χ2n) is 3.33. The minimum absolute atomic E-state index is 0.720. The first-order valence-corrected chi connectivity index (χ1v) is 6.10. The van der Waals surface area contributed by atoms with Crippen LogP contribution in [0.5, 0.6) is 0 Å². The highest BCUT2D eigenvalue weighted by atomic mass is 28.2. The molecule has 0 saturated carbocycles. The van der Waals surface area contributed by atoms with Crippen molar-refractivity contribution in [2.24, 2.45) is 5.92 Å². The second-order valence-corrected chi connectivity index (χ2v) is 4.61. The van der Waals surface area contributed by atoms with Gasteiger partial charge < -0.3 is 9.74 Å². The Balaban J connectivity index is 1.91. The maximum atomic E-state index is 5.49. The largest absolute Gasteiger partial charge is 0.417 e. The molecule has 1 saturated heterocycles. The average Bonchev–Trinajstić information content (AvgIpc) is 2.14. The third kappa shape index (κ3) is 4.23. The highest BCUT2D eigenvalue weighted by Gasteiger charge is 2.11. The van der Waals surface area contributed by atoms with Crippen LogP contribution in [0.3, 0.4) is 0 Å². The molecule has 1 heterocycles. The van der Waals surface area contributed by atoms with Crippen molar-refractivity contribution in [3.63, 3.8) is 0 Å². The van der Waals surface area contributed by atoms with E-state index in [1.54, 1.807) is 0 Å². The van der Waals surface area contributed by atoms with Crippen LogP contribution in [0.1, 0.15) is 26.2 Å². The quantitative estimate of drug-likeness (QED) is 0.517. The van der Waals surface area contributed by atoms with E-state index in [4.69, 9.17) is 4.43 Å². The highest BCUT2D eigenvalue weighted by molar-refractivity contribution is 6.26. The summed E-state index contributed by atoms with van der Waals surface area (Å²) in [5, 5.41) is 3.38. The second kappa shape index (κ2) is 6.63. The highest BCUT2D eigenvalue weighted by Crippen LogP contribution is 2.15. The van der Waals surface area contributed by atoms with Crippen LogP contribution < -0.4 is 5.32 Å². The number of rotatable bonds is 5. The molecule has 12 heavy (non-hydrogen) atoms. The van der Waals surface area contributed by atoms with Crippen LogP contribution in [0.25, 0.3) is 0 Å². The summed E-state index contributed by atoms with van der Waals surface area (Å²) >= 11 is 0. The van der Waals surface area contributed by atoms with E-state index in [1.807, 2.05) is 0 Å². The molecule has 1 rings (SSSR count). The molecule has 1 aliphatic rings. The van der Waals surface area contributed by atoms with Crippen molar-refractivity contribution in [1.29, 1.82) is 0 Å². The topological polar surface area (TPSA) is 21.3 Å². The fraction of sp³-hybridized carbons (Fsp3) is 1.00. The van der Waals surface area contributed by atoms with Crippen LogP contribution in [0.2, 0.25) is 6.04 Å². The van der Waals surface area contributed by atoms with Gasteiger partial charge >= 0.3 is 0 Å². The summed E-state index contributed by atoms with van der Waals surface area (Å²) in [6.45, 7) is 5.57. The zero-order chi connectivity index (χ0) is 8.65. The number of nitrogens with one attached hydrogen (secondary N) is 1. The third-order valence-corrected chi connectivity index (χ3v) is 3.03. The summed E-state index contributed by atoms with van der Waals surface area (Å²) in [4.78, 5) is 0. The SMILES string of the molecule is CC[Si]OCCC1CCNCC1.